The van der Waals surface area contributed by atoms with Crippen LogP contribution in [0.15, 0.2) is 0 Å². The van der Waals surface area contributed by atoms with Gasteiger partial charge in [-0.25, -0.2) is 0 Å². The molecule has 0 aliphatic carbocycles. The first-order chi connectivity index (χ1) is 6.68. The number of rotatable bonds is 2. The smallest absolute Gasteiger partial charge is 0.0412 e. The van der Waals surface area contributed by atoms with Gasteiger partial charge in [0.1, 0.15) is 0 Å². The van der Waals surface area contributed by atoms with E-state index in [1.165, 1.54) is 45.3 Å². The fraction of sp³-hybridized carbons (Fsp3) is 1.00. The largest absolute Gasteiger partial charge is 0.323 e. The zero-order chi connectivity index (χ0) is 10.0. The van der Waals surface area contributed by atoms with Crippen molar-refractivity contribution in [1.29, 1.82) is 0 Å². The normalized spacial score (nSPS) is 36.4. The summed E-state index contributed by atoms with van der Waals surface area (Å²) < 4.78 is 0. The van der Waals surface area contributed by atoms with Gasteiger partial charge in [-0.3, -0.25) is 0 Å². The van der Waals surface area contributed by atoms with E-state index in [-0.39, 0.29) is 5.54 Å². The van der Waals surface area contributed by atoms with Crippen LogP contribution < -0.4 is 5.73 Å². The predicted octanol–water partition coefficient (Wildman–Crippen LogP) is 0.505. The van der Waals surface area contributed by atoms with Gasteiger partial charge in [-0.1, -0.05) is 0 Å². The first kappa shape index (κ1) is 10.4. The third kappa shape index (κ3) is 2.47. The molecule has 0 aromatic carbocycles. The molecule has 1 atom stereocenters. The Morgan fingerprint density at radius 1 is 1.14 bits per heavy atom. The van der Waals surface area contributed by atoms with Crippen LogP contribution in [0.5, 0.6) is 0 Å². The molecule has 2 saturated heterocycles. The molecule has 82 valence electrons. The first-order valence-corrected chi connectivity index (χ1v) is 5.88. The second-order valence-electron chi connectivity index (χ2n) is 5.19. The van der Waals surface area contributed by atoms with E-state index in [4.69, 9.17) is 5.73 Å². The summed E-state index contributed by atoms with van der Waals surface area (Å²) in [5, 5.41) is 0. The Morgan fingerprint density at radius 3 is 2.50 bits per heavy atom. The Hall–Kier alpha value is -0.120. The maximum absolute atomic E-state index is 6.45. The molecule has 0 amide bonds. The number of nitrogens with zero attached hydrogens (tertiary/aromatic N) is 2. The Balaban J connectivity index is 1.87. The zero-order valence-corrected chi connectivity index (χ0v) is 9.34. The van der Waals surface area contributed by atoms with Crippen molar-refractivity contribution in [2.24, 2.45) is 5.73 Å². The molecule has 0 saturated carbocycles. The third-order valence-corrected chi connectivity index (χ3v) is 3.54. The van der Waals surface area contributed by atoms with Crippen molar-refractivity contribution in [2.75, 3.05) is 39.8 Å². The molecule has 2 N–H and O–H groups in total. The molecule has 14 heavy (non-hydrogen) atoms. The summed E-state index contributed by atoms with van der Waals surface area (Å²) in [7, 11) is 2.19. The number of hydrogen-bond donors (Lipinski definition) is 1. The van der Waals surface area contributed by atoms with Gasteiger partial charge in [0.25, 0.3) is 0 Å². The first-order valence-electron chi connectivity index (χ1n) is 5.88. The van der Waals surface area contributed by atoms with Gasteiger partial charge in [0.2, 0.25) is 0 Å². The molecular formula is C11H23N3. The summed E-state index contributed by atoms with van der Waals surface area (Å²) in [5.74, 6) is 0. The van der Waals surface area contributed by atoms with E-state index in [0.717, 1.165) is 13.1 Å². The lowest BCUT2D eigenvalue weighted by atomic mass is 9.90. The number of likely N-dealkylation sites (tertiary alicyclic amines) is 2. The summed E-state index contributed by atoms with van der Waals surface area (Å²) in [6.07, 6.45) is 5.20. The number of hydrogen-bond acceptors (Lipinski definition) is 3. The SMILES string of the molecule is CN1CCCC(N)(CN2CCCC2)C1. The Bertz CT molecular complexity index is 189. The lowest BCUT2D eigenvalue weighted by Gasteiger charge is -2.40. The van der Waals surface area contributed by atoms with E-state index in [1.807, 2.05) is 0 Å². The standard InChI is InChI=1S/C11H23N3/c1-13-6-4-5-11(12,9-13)10-14-7-2-3-8-14/h2-10,12H2,1H3. The van der Waals surface area contributed by atoms with Crippen LogP contribution in [0.25, 0.3) is 0 Å². The van der Waals surface area contributed by atoms with Gasteiger partial charge in [0, 0.05) is 18.6 Å². The fourth-order valence-corrected chi connectivity index (χ4v) is 2.91. The predicted molar refractivity (Wildman–Crippen MR) is 59.3 cm³/mol. The molecule has 3 heteroatoms. The van der Waals surface area contributed by atoms with E-state index < -0.39 is 0 Å². The number of nitrogens with two attached hydrogens (primary N) is 1. The van der Waals surface area contributed by atoms with Crippen LogP contribution in [-0.4, -0.2) is 55.1 Å². The van der Waals surface area contributed by atoms with E-state index in [1.54, 1.807) is 0 Å². The molecule has 0 bridgehead atoms. The van der Waals surface area contributed by atoms with Crippen LogP contribution >= 0.6 is 0 Å². The van der Waals surface area contributed by atoms with Crippen LogP contribution in [0.1, 0.15) is 25.7 Å². The Morgan fingerprint density at radius 2 is 1.86 bits per heavy atom. The Kier molecular flexibility index (Phi) is 3.10. The van der Waals surface area contributed by atoms with Gasteiger partial charge in [-0.2, -0.15) is 0 Å². The van der Waals surface area contributed by atoms with Gasteiger partial charge >= 0.3 is 0 Å². The van der Waals surface area contributed by atoms with Crippen molar-refractivity contribution in [3.05, 3.63) is 0 Å². The Labute approximate surface area is 87.2 Å². The molecule has 0 aromatic heterocycles. The molecule has 1 unspecified atom stereocenters. The van der Waals surface area contributed by atoms with Gasteiger partial charge in [0.15, 0.2) is 0 Å². The van der Waals surface area contributed by atoms with Crippen LogP contribution in [0, 0.1) is 0 Å². The fourth-order valence-electron chi connectivity index (χ4n) is 2.91. The van der Waals surface area contributed by atoms with E-state index in [0.29, 0.717) is 0 Å². The monoisotopic (exact) mass is 197 g/mol. The van der Waals surface area contributed by atoms with Crippen molar-refractivity contribution in [3.63, 3.8) is 0 Å². The van der Waals surface area contributed by atoms with E-state index >= 15 is 0 Å². The number of likely N-dealkylation sites (N-methyl/N-ethyl adjacent to an activating group) is 1. The van der Waals surface area contributed by atoms with E-state index in [9.17, 15) is 0 Å². The lowest BCUT2D eigenvalue weighted by molar-refractivity contribution is 0.137. The lowest BCUT2D eigenvalue weighted by Crippen LogP contribution is -2.58. The van der Waals surface area contributed by atoms with Crippen LogP contribution in [0.4, 0.5) is 0 Å². The van der Waals surface area contributed by atoms with Crippen LogP contribution in [0.3, 0.4) is 0 Å². The molecule has 2 fully saturated rings. The summed E-state index contributed by atoms with van der Waals surface area (Å²) in [4.78, 5) is 4.92. The zero-order valence-electron chi connectivity index (χ0n) is 9.34. The summed E-state index contributed by atoms with van der Waals surface area (Å²) in [6, 6.07) is 0. The molecule has 0 aromatic rings. The minimum atomic E-state index is 0.0668. The van der Waals surface area contributed by atoms with Gasteiger partial charge in [-0.15, -0.1) is 0 Å². The average molecular weight is 197 g/mol. The maximum Gasteiger partial charge on any atom is 0.0412 e. The summed E-state index contributed by atoms with van der Waals surface area (Å²) >= 11 is 0. The topological polar surface area (TPSA) is 32.5 Å². The minimum absolute atomic E-state index is 0.0668. The van der Waals surface area contributed by atoms with Crippen molar-refractivity contribution in [1.82, 2.24) is 9.80 Å². The quantitative estimate of drug-likeness (QED) is 0.700. The van der Waals surface area contributed by atoms with Gasteiger partial charge in [-0.05, 0) is 52.4 Å². The van der Waals surface area contributed by atoms with E-state index in [2.05, 4.69) is 16.8 Å². The second-order valence-corrected chi connectivity index (χ2v) is 5.19. The second kappa shape index (κ2) is 4.17. The minimum Gasteiger partial charge on any atom is -0.323 e. The van der Waals surface area contributed by atoms with Crippen molar-refractivity contribution in [3.8, 4) is 0 Å². The molecule has 2 aliphatic rings. The molecular weight excluding hydrogens is 174 g/mol. The molecule has 3 nitrogen and oxygen atoms in total. The van der Waals surface area contributed by atoms with Crippen molar-refractivity contribution < 1.29 is 0 Å². The molecule has 2 rings (SSSR count). The molecule has 0 spiro atoms. The molecule has 0 radical (unpaired) electrons. The molecule has 2 aliphatic heterocycles. The van der Waals surface area contributed by atoms with Gasteiger partial charge in [0.05, 0.1) is 0 Å². The summed E-state index contributed by atoms with van der Waals surface area (Å²) in [5.41, 5.74) is 6.51. The van der Waals surface area contributed by atoms with Gasteiger partial charge < -0.3 is 15.5 Å². The highest BCUT2D eigenvalue weighted by Crippen LogP contribution is 2.20. The highest BCUT2D eigenvalue weighted by Gasteiger charge is 2.32. The summed E-state index contributed by atoms with van der Waals surface area (Å²) in [6.45, 7) is 5.94. The highest BCUT2D eigenvalue weighted by atomic mass is 15.2. The van der Waals surface area contributed by atoms with Crippen LogP contribution in [-0.2, 0) is 0 Å². The van der Waals surface area contributed by atoms with Crippen molar-refractivity contribution >= 4 is 0 Å². The average Bonchev–Trinajstić information content (AvgIpc) is 2.55. The number of piperidine rings is 1. The van der Waals surface area contributed by atoms with Crippen LogP contribution in [0.2, 0.25) is 0 Å². The third-order valence-electron chi connectivity index (χ3n) is 3.54. The maximum atomic E-state index is 6.45. The van der Waals surface area contributed by atoms with Crippen molar-refractivity contribution in [2.45, 2.75) is 31.2 Å². The molecule has 2 heterocycles. The highest BCUT2D eigenvalue weighted by molar-refractivity contribution is 4.94.